The van der Waals surface area contributed by atoms with E-state index in [0.717, 1.165) is 18.2 Å². The molecule has 0 amide bonds. The van der Waals surface area contributed by atoms with Crippen molar-refractivity contribution in [3.05, 3.63) is 38.8 Å². The monoisotopic (exact) mass is 330 g/mol. The quantitative estimate of drug-likeness (QED) is 0.480. The summed E-state index contributed by atoms with van der Waals surface area (Å²) in [6.07, 6.45) is 3.00. The molecule has 6 nitrogen and oxygen atoms in total. The molecule has 7 heteroatoms. The SMILES string of the molecule is O=c1ccc([N+](=O)[O-])cn1CC1(CBr)CCOCC1. The van der Waals surface area contributed by atoms with Crippen LogP contribution >= 0.6 is 15.9 Å². The van der Waals surface area contributed by atoms with E-state index in [0.29, 0.717) is 19.8 Å². The Hall–Kier alpha value is -1.21. The van der Waals surface area contributed by atoms with Gasteiger partial charge in [-0.3, -0.25) is 14.9 Å². The number of pyridine rings is 1. The van der Waals surface area contributed by atoms with Crippen molar-refractivity contribution in [2.45, 2.75) is 19.4 Å². The Labute approximate surface area is 118 Å². The van der Waals surface area contributed by atoms with Gasteiger partial charge in [-0.2, -0.15) is 0 Å². The predicted octanol–water partition coefficient (Wildman–Crippen LogP) is 1.95. The number of rotatable bonds is 4. The van der Waals surface area contributed by atoms with Gasteiger partial charge in [0.05, 0.1) is 11.1 Å². The van der Waals surface area contributed by atoms with Crippen molar-refractivity contribution in [2.75, 3.05) is 18.5 Å². The van der Waals surface area contributed by atoms with Crippen molar-refractivity contribution < 1.29 is 9.66 Å². The first-order valence-electron chi connectivity index (χ1n) is 6.05. The Morgan fingerprint density at radius 3 is 2.68 bits per heavy atom. The fourth-order valence-corrected chi connectivity index (χ4v) is 2.99. The summed E-state index contributed by atoms with van der Waals surface area (Å²) in [7, 11) is 0. The third-order valence-electron chi connectivity index (χ3n) is 3.52. The second kappa shape index (κ2) is 5.83. The first-order valence-corrected chi connectivity index (χ1v) is 7.17. The van der Waals surface area contributed by atoms with E-state index in [9.17, 15) is 14.9 Å². The van der Waals surface area contributed by atoms with Gasteiger partial charge in [-0.05, 0) is 12.8 Å². The average molecular weight is 331 g/mol. The van der Waals surface area contributed by atoms with Crippen LogP contribution in [0.1, 0.15) is 12.8 Å². The van der Waals surface area contributed by atoms with Crippen molar-refractivity contribution in [3.8, 4) is 0 Å². The molecular weight excluding hydrogens is 316 g/mol. The highest BCUT2D eigenvalue weighted by molar-refractivity contribution is 9.09. The normalized spacial score (nSPS) is 18.2. The van der Waals surface area contributed by atoms with Crippen LogP contribution in [-0.4, -0.2) is 28.0 Å². The molecule has 1 aliphatic rings. The molecule has 1 aliphatic heterocycles. The molecule has 0 bridgehead atoms. The molecule has 0 radical (unpaired) electrons. The highest BCUT2D eigenvalue weighted by Gasteiger charge is 2.32. The van der Waals surface area contributed by atoms with Gasteiger partial charge in [0.1, 0.15) is 0 Å². The van der Waals surface area contributed by atoms with Crippen LogP contribution in [0.3, 0.4) is 0 Å². The zero-order valence-electron chi connectivity index (χ0n) is 10.4. The van der Waals surface area contributed by atoms with Gasteiger partial charge in [0.25, 0.3) is 11.2 Å². The molecule has 0 aliphatic carbocycles. The van der Waals surface area contributed by atoms with Crippen molar-refractivity contribution in [3.63, 3.8) is 0 Å². The molecule has 0 unspecified atom stereocenters. The molecule has 1 aromatic heterocycles. The first kappa shape index (κ1) is 14.2. The van der Waals surface area contributed by atoms with Gasteiger partial charge in [-0.25, -0.2) is 0 Å². The number of nitro groups is 1. The zero-order valence-corrected chi connectivity index (χ0v) is 12.0. The lowest BCUT2D eigenvalue weighted by atomic mass is 9.82. The van der Waals surface area contributed by atoms with Crippen LogP contribution in [-0.2, 0) is 11.3 Å². The number of aromatic nitrogens is 1. The highest BCUT2D eigenvalue weighted by atomic mass is 79.9. The summed E-state index contributed by atoms with van der Waals surface area (Å²) in [5, 5.41) is 11.5. The topological polar surface area (TPSA) is 74.4 Å². The van der Waals surface area contributed by atoms with E-state index in [1.807, 2.05) is 0 Å². The number of alkyl halides is 1. The van der Waals surface area contributed by atoms with Gasteiger partial charge < -0.3 is 9.30 Å². The van der Waals surface area contributed by atoms with Crippen LogP contribution in [0, 0.1) is 15.5 Å². The van der Waals surface area contributed by atoms with Gasteiger partial charge in [0, 0.05) is 42.6 Å². The lowest BCUT2D eigenvalue weighted by Crippen LogP contribution is -2.38. The number of nitrogens with zero attached hydrogens (tertiary/aromatic N) is 2. The fourth-order valence-electron chi connectivity index (χ4n) is 2.25. The summed E-state index contributed by atoms with van der Waals surface area (Å²) in [5.74, 6) is 0. The van der Waals surface area contributed by atoms with Gasteiger partial charge in [0.15, 0.2) is 0 Å². The van der Waals surface area contributed by atoms with Gasteiger partial charge in [-0.15, -0.1) is 0 Å². The Kier molecular flexibility index (Phi) is 4.36. The summed E-state index contributed by atoms with van der Waals surface area (Å²) < 4.78 is 6.78. The maximum absolute atomic E-state index is 11.8. The molecule has 0 spiro atoms. The molecule has 2 rings (SSSR count). The van der Waals surface area contributed by atoms with Crippen molar-refractivity contribution in [2.24, 2.45) is 5.41 Å². The smallest absolute Gasteiger partial charge is 0.285 e. The van der Waals surface area contributed by atoms with E-state index in [1.165, 1.54) is 22.9 Å². The second-order valence-electron chi connectivity index (χ2n) is 4.86. The molecule has 19 heavy (non-hydrogen) atoms. The van der Waals surface area contributed by atoms with E-state index in [-0.39, 0.29) is 16.7 Å². The van der Waals surface area contributed by atoms with E-state index >= 15 is 0 Å². The van der Waals surface area contributed by atoms with Gasteiger partial charge >= 0.3 is 0 Å². The van der Waals surface area contributed by atoms with Gasteiger partial charge in [-0.1, -0.05) is 15.9 Å². The average Bonchev–Trinajstić information content (AvgIpc) is 2.42. The Bertz CT molecular complexity index is 523. The molecule has 2 heterocycles. The van der Waals surface area contributed by atoms with E-state index < -0.39 is 4.92 Å². The summed E-state index contributed by atoms with van der Waals surface area (Å²) in [4.78, 5) is 22.1. The summed E-state index contributed by atoms with van der Waals surface area (Å²) >= 11 is 3.49. The molecule has 0 N–H and O–H groups in total. The van der Waals surface area contributed by atoms with Crippen LogP contribution in [0.5, 0.6) is 0 Å². The number of ether oxygens (including phenoxy) is 1. The molecule has 104 valence electrons. The van der Waals surface area contributed by atoms with Crippen molar-refractivity contribution in [1.82, 2.24) is 4.57 Å². The lowest BCUT2D eigenvalue weighted by molar-refractivity contribution is -0.385. The Balaban J connectivity index is 2.28. The minimum atomic E-state index is -0.485. The largest absolute Gasteiger partial charge is 0.381 e. The maximum atomic E-state index is 11.8. The summed E-state index contributed by atoms with van der Waals surface area (Å²) in [6, 6.07) is 2.49. The fraction of sp³-hybridized carbons (Fsp3) is 0.583. The van der Waals surface area contributed by atoms with Crippen LogP contribution in [0.2, 0.25) is 0 Å². The lowest BCUT2D eigenvalue weighted by Gasteiger charge is -2.35. The standard InChI is InChI=1S/C12H15BrN2O4/c13-8-12(3-5-19-6-4-12)9-14-7-10(15(17)18)1-2-11(14)16/h1-2,7H,3-6,8-9H2. The highest BCUT2D eigenvalue weighted by Crippen LogP contribution is 2.34. The van der Waals surface area contributed by atoms with E-state index in [1.54, 1.807) is 0 Å². The second-order valence-corrected chi connectivity index (χ2v) is 5.42. The van der Waals surface area contributed by atoms with E-state index in [4.69, 9.17) is 4.74 Å². The molecule has 0 aromatic carbocycles. The summed E-state index contributed by atoms with van der Waals surface area (Å²) in [5.41, 5.74) is -0.342. The van der Waals surface area contributed by atoms with Crippen molar-refractivity contribution >= 4 is 21.6 Å². The zero-order chi connectivity index (χ0) is 13.9. The Morgan fingerprint density at radius 1 is 1.42 bits per heavy atom. The van der Waals surface area contributed by atoms with Crippen LogP contribution < -0.4 is 5.56 Å². The van der Waals surface area contributed by atoms with Gasteiger partial charge in [0.2, 0.25) is 0 Å². The minimum Gasteiger partial charge on any atom is -0.381 e. The third-order valence-corrected chi connectivity index (χ3v) is 4.71. The minimum absolute atomic E-state index is 0.0589. The van der Waals surface area contributed by atoms with Crippen molar-refractivity contribution in [1.29, 1.82) is 0 Å². The third kappa shape index (κ3) is 3.22. The molecule has 0 saturated carbocycles. The number of hydrogen-bond acceptors (Lipinski definition) is 4. The molecule has 1 fully saturated rings. The molecule has 1 saturated heterocycles. The molecule has 0 atom stereocenters. The number of hydrogen-bond donors (Lipinski definition) is 0. The first-order chi connectivity index (χ1) is 9.06. The van der Waals surface area contributed by atoms with Crippen LogP contribution in [0.4, 0.5) is 5.69 Å². The molecular formula is C12H15BrN2O4. The predicted molar refractivity (Wildman–Crippen MR) is 73.6 cm³/mol. The van der Waals surface area contributed by atoms with Crippen LogP contribution in [0.15, 0.2) is 23.1 Å². The Morgan fingerprint density at radius 2 is 2.11 bits per heavy atom. The molecule has 1 aromatic rings. The number of halogens is 1. The van der Waals surface area contributed by atoms with E-state index in [2.05, 4.69) is 15.9 Å². The summed E-state index contributed by atoms with van der Waals surface area (Å²) in [6.45, 7) is 1.80. The maximum Gasteiger partial charge on any atom is 0.285 e. The van der Waals surface area contributed by atoms with Crippen LogP contribution in [0.25, 0.3) is 0 Å².